The average Bonchev–Trinajstić information content (AvgIpc) is 2.89. The first-order valence-corrected chi connectivity index (χ1v) is 7.57. The van der Waals surface area contributed by atoms with Gasteiger partial charge in [0.25, 0.3) is 5.91 Å². The first kappa shape index (κ1) is 16.7. The highest BCUT2D eigenvalue weighted by Crippen LogP contribution is 2.24. The van der Waals surface area contributed by atoms with Gasteiger partial charge in [0, 0.05) is 32.4 Å². The topological polar surface area (TPSA) is 54.9 Å². The van der Waals surface area contributed by atoms with Crippen LogP contribution in [-0.4, -0.2) is 74.2 Å². The summed E-state index contributed by atoms with van der Waals surface area (Å²) in [7, 11) is 5.72. The lowest BCUT2D eigenvalue weighted by Crippen LogP contribution is -2.36. The lowest BCUT2D eigenvalue weighted by Gasteiger charge is -2.22. The molecule has 0 aromatic carbocycles. The summed E-state index contributed by atoms with van der Waals surface area (Å²) in [5.41, 5.74) is 0.519. The SMILES string of the molecule is COCCOc1ncccc1C(=O)N1C[C@H](C)[C@@H](N(C)C)C1. The summed E-state index contributed by atoms with van der Waals surface area (Å²) in [4.78, 5) is 21.0. The van der Waals surface area contributed by atoms with Gasteiger partial charge in [-0.2, -0.15) is 0 Å². The number of aromatic nitrogens is 1. The van der Waals surface area contributed by atoms with E-state index in [0.717, 1.165) is 13.1 Å². The first-order valence-electron chi connectivity index (χ1n) is 7.57. The smallest absolute Gasteiger partial charge is 0.259 e. The van der Waals surface area contributed by atoms with Crippen LogP contribution in [0.3, 0.4) is 0 Å². The van der Waals surface area contributed by atoms with Crippen molar-refractivity contribution in [1.82, 2.24) is 14.8 Å². The van der Waals surface area contributed by atoms with Crippen LogP contribution < -0.4 is 4.74 Å². The highest BCUT2D eigenvalue weighted by atomic mass is 16.5. The molecule has 6 heteroatoms. The van der Waals surface area contributed by atoms with Crippen molar-refractivity contribution in [3.05, 3.63) is 23.9 Å². The number of hydrogen-bond donors (Lipinski definition) is 0. The van der Waals surface area contributed by atoms with Crippen molar-refractivity contribution in [3.8, 4) is 5.88 Å². The van der Waals surface area contributed by atoms with Crippen molar-refractivity contribution in [2.45, 2.75) is 13.0 Å². The van der Waals surface area contributed by atoms with Gasteiger partial charge in [0.2, 0.25) is 5.88 Å². The van der Waals surface area contributed by atoms with Crippen molar-refractivity contribution in [2.75, 3.05) is 47.5 Å². The molecule has 0 spiro atoms. The highest BCUT2D eigenvalue weighted by Gasteiger charge is 2.34. The number of hydrogen-bond acceptors (Lipinski definition) is 5. The lowest BCUT2D eigenvalue weighted by molar-refractivity contribution is 0.0772. The first-order chi connectivity index (χ1) is 10.5. The molecule has 1 aliphatic rings. The molecule has 22 heavy (non-hydrogen) atoms. The average molecular weight is 307 g/mol. The third kappa shape index (κ3) is 3.75. The lowest BCUT2D eigenvalue weighted by atomic mass is 10.1. The van der Waals surface area contributed by atoms with Crippen LogP contribution in [0.1, 0.15) is 17.3 Å². The van der Waals surface area contributed by atoms with Crippen molar-refractivity contribution in [1.29, 1.82) is 0 Å². The molecule has 0 saturated carbocycles. The van der Waals surface area contributed by atoms with E-state index in [2.05, 4.69) is 30.9 Å². The Hall–Kier alpha value is -1.66. The van der Waals surface area contributed by atoms with Gasteiger partial charge in [-0.05, 0) is 32.1 Å². The van der Waals surface area contributed by atoms with Crippen LogP contribution in [0.25, 0.3) is 0 Å². The number of carbonyl (C=O) groups excluding carboxylic acids is 1. The molecule has 6 nitrogen and oxygen atoms in total. The minimum absolute atomic E-state index is 0.0169. The van der Waals surface area contributed by atoms with Gasteiger partial charge in [-0.25, -0.2) is 4.98 Å². The maximum absolute atomic E-state index is 12.8. The van der Waals surface area contributed by atoms with Gasteiger partial charge in [-0.15, -0.1) is 0 Å². The second-order valence-electron chi connectivity index (χ2n) is 5.92. The van der Waals surface area contributed by atoms with Crippen LogP contribution in [0.15, 0.2) is 18.3 Å². The van der Waals surface area contributed by atoms with E-state index in [1.807, 2.05) is 4.90 Å². The Morgan fingerprint density at radius 1 is 1.41 bits per heavy atom. The maximum Gasteiger partial charge on any atom is 0.259 e. The molecule has 0 unspecified atom stereocenters. The van der Waals surface area contributed by atoms with Crippen molar-refractivity contribution >= 4 is 5.91 Å². The quantitative estimate of drug-likeness (QED) is 0.738. The maximum atomic E-state index is 12.8. The normalized spacial score (nSPS) is 21.4. The number of methoxy groups -OCH3 is 1. The summed E-state index contributed by atoms with van der Waals surface area (Å²) in [5.74, 6) is 0.815. The second-order valence-corrected chi connectivity index (χ2v) is 5.92. The van der Waals surface area contributed by atoms with Crippen LogP contribution in [0, 0.1) is 5.92 Å². The van der Waals surface area contributed by atoms with Crippen LogP contribution >= 0.6 is 0 Å². The standard InChI is InChI=1S/C16H25N3O3/c1-12-10-19(11-14(12)18(2)3)16(20)13-6-5-7-17-15(13)22-9-8-21-4/h5-7,12,14H,8-11H2,1-4H3/t12-,14-/m0/s1. The molecule has 1 saturated heterocycles. The number of likely N-dealkylation sites (tertiary alicyclic amines) is 1. The fraction of sp³-hybridized carbons (Fsp3) is 0.625. The second kappa shape index (κ2) is 7.56. The van der Waals surface area contributed by atoms with Gasteiger partial charge in [-0.1, -0.05) is 6.92 Å². The van der Waals surface area contributed by atoms with Crippen LogP contribution in [0.4, 0.5) is 0 Å². The van der Waals surface area contributed by atoms with Crippen molar-refractivity contribution in [2.24, 2.45) is 5.92 Å². The molecule has 2 rings (SSSR count). The molecular weight excluding hydrogens is 282 g/mol. The van der Waals surface area contributed by atoms with E-state index in [1.54, 1.807) is 25.4 Å². The number of likely N-dealkylation sites (N-methyl/N-ethyl adjacent to an activating group) is 1. The van der Waals surface area contributed by atoms with Crippen molar-refractivity contribution < 1.29 is 14.3 Å². The summed E-state index contributed by atoms with van der Waals surface area (Å²) in [6, 6.07) is 3.92. The summed E-state index contributed by atoms with van der Waals surface area (Å²) in [6.07, 6.45) is 1.63. The summed E-state index contributed by atoms with van der Waals surface area (Å²) in [6.45, 7) is 4.52. The van der Waals surface area contributed by atoms with E-state index in [0.29, 0.717) is 36.6 Å². The van der Waals surface area contributed by atoms with E-state index < -0.39 is 0 Å². The monoisotopic (exact) mass is 307 g/mol. The molecule has 0 radical (unpaired) electrons. The predicted octanol–water partition coefficient (Wildman–Crippen LogP) is 1.13. The van der Waals surface area contributed by atoms with Crippen LogP contribution in [0.2, 0.25) is 0 Å². The third-order valence-corrected chi connectivity index (χ3v) is 4.05. The van der Waals surface area contributed by atoms with Gasteiger partial charge >= 0.3 is 0 Å². The highest BCUT2D eigenvalue weighted by molar-refractivity contribution is 5.96. The zero-order valence-corrected chi connectivity index (χ0v) is 13.8. The molecular formula is C16H25N3O3. The molecule has 122 valence electrons. The third-order valence-electron chi connectivity index (χ3n) is 4.05. The molecule has 2 heterocycles. The number of amides is 1. The molecule has 1 amide bonds. The Morgan fingerprint density at radius 3 is 2.82 bits per heavy atom. The van der Waals surface area contributed by atoms with Crippen LogP contribution in [-0.2, 0) is 4.74 Å². The van der Waals surface area contributed by atoms with E-state index >= 15 is 0 Å². The predicted molar refractivity (Wildman–Crippen MR) is 84.2 cm³/mol. The fourth-order valence-electron chi connectivity index (χ4n) is 2.85. The molecule has 1 aromatic heterocycles. The molecule has 0 aliphatic carbocycles. The van der Waals surface area contributed by atoms with Crippen molar-refractivity contribution in [3.63, 3.8) is 0 Å². The Balaban J connectivity index is 2.10. The number of carbonyl (C=O) groups is 1. The number of pyridine rings is 1. The van der Waals surface area contributed by atoms with Gasteiger partial charge in [-0.3, -0.25) is 4.79 Å². The minimum Gasteiger partial charge on any atom is -0.475 e. The summed E-state index contributed by atoms with van der Waals surface area (Å²) < 4.78 is 10.5. The molecule has 1 aliphatic heterocycles. The molecule has 1 aromatic rings. The van der Waals surface area contributed by atoms with Gasteiger partial charge in [0.1, 0.15) is 12.2 Å². The number of nitrogens with zero attached hydrogens (tertiary/aromatic N) is 3. The molecule has 0 bridgehead atoms. The largest absolute Gasteiger partial charge is 0.475 e. The minimum atomic E-state index is -0.0169. The Bertz CT molecular complexity index is 507. The van der Waals surface area contributed by atoms with Gasteiger partial charge < -0.3 is 19.3 Å². The molecule has 2 atom stereocenters. The fourth-order valence-corrected chi connectivity index (χ4v) is 2.85. The van der Waals surface area contributed by atoms with E-state index in [4.69, 9.17) is 9.47 Å². The zero-order chi connectivity index (χ0) is 16.1. The van der Waals surface area contributed by atoms with E-state index in [9.17, 15) is 4.79 Å². The summed E-state index contributed by atoms with van der Waals surface area (Å²) in [5, 5.41) is 0. The number of ether oxygens (including phenoxy) is 2. The molecule has 1 fully saturated rings. The van der Waals surface area contributed by atoms with Gasteiger partial charge in [0.15, 0.2) is 0 Å². The van der Waals surface area contributed by atoms with Crippen LogP contribution in [0.5, 0.6) is 5.88 Å². The zero-order valence-electron chi connectivity index (χ0n) is 13.8. The Kier molecular flexibility index (Phi) is 5.74. The van der Waals surface area contributed by atoms with Gasteiger partial charge in [0.05, 0.1) is 6.61 Å². The van der Waals surface area contributed by atoms with E-state index in [-0.39, 0.29) is 5.91 Å². The Labute approximate surface area is 132 Å². The summed E-state index contributed by atoms with van der Waals surface area (Å²) >= 11 is 0. The number of rotatable bonds is 6. The molecule has 0 N–H and O–H groups in total. The van der Waals surface area contributed by atoms with E-state index in [1.165, 1.54) is 0 Å². The Morgan fingerprint density at radius 2 is 2.18 bits per heavy atom.